The second-order valence-electron chi connectivity index (χ2n) is 6.70. The van der Waals surface area contributed by atoms with E-state index in [1.807, 2.05) is 0 Å². The summed E-state index contributed by atoms with van der Waals surface area (Å²) < 4.78 is 2.37. The molecule has 0 atom stereocenters. The van der Waals surface area contributed by atoms with Crippen LogP contribution < -0.4 is 11.4 Å². The summed E-state index contributed by atoms with van der Waals surface area (Å²) >= 11 is 7.83. The third-order valence-electron chi connectivity index (χ3n) is 4.90. The lowest BCUT2D eigenvalue weighted by Gasteiger charge is -2.10. The number of rotatable bonds is 3. The van der Waals surface area contributed by atoms with E-state index in [1.165, 1.54) is 28.0 Å². The van der Waals surface area contributed by atoms with Crippen molar-refractivity contribution in [2.24, 2.45) is 0 Å². The Morgan fingerprint density at radius 2 is 1.96 bits per heavy atom. The highest BCUT2D eigenvalue weighted by Gasteiger charge is 2.21. The van der Waals surface area contributed by atoms with Crippen LogP contribution in [0, 0.1) is 0 Å². The van der Waals surface area contributed by atoms with Crippen LogP contribution in [0.5, 0.6) is 0 Å². The van der Waals surface area contributed by atoms with Crippen LogP contribution in [-0.4, -0.2) is 29.8 Å². The molecule has 0 spiro atoms. The Bertz CT molecular complexity index is 1260. The lowest BCUT2D eigenvalue weighted by atomic mass is 9.97. The Kier molecular flexibility index (Phi) is 4.13. The van der Waals surface area contributed by atoms with Gasteiger partial charge in [0.25, 0.3) is 0 Å². The number of anilines is 1. The predicted octanol–water partition coefficient (Wildman–Crippen LogP) is 2.60. The summed E-state index contributed by atoms with van der Waals surface area (Å²) in [6, 6.07) is 6.97. The van der Waals surface area contributed by atoms with Crippen molar-refractivity contribution in [3.63, 3.8) is 0 Å². The molecule has 2 N–H and O–H groups in total. The second kappa shape index (κ2) is 6.68. The molecule has 0 amide bonds. The van der Waals surface area contributed by atoms with Crippen LogP contribution in [0.3, 0.4) is 0 Å². The third kappa shape index (κ3) is 2.78. The second-order valence-corrected chi connectivity index (χ2v) is 8.19. The summed E-state index contributed by atoms with van der Waals surface area (Å²) in [7, 11) is 0. The maximum absolute atomic E-state index is 12.7. The zero-order valence-corrected chi connectivity index (χ0v) is 16.4. The molecule has 142 valence electrons. The van der Waals surface area contributed by atoms with Crippen molar-refractivity contribution in [2.45, 2.75) is 32.2 Å². The summed E-state index contributed by atoms with van der Waals surface area (Å²) in [4.78, 5) is 24.0. The normalized spacial score (nSPS) is 13.8. The fraction of sp³-hybridized carbons (Fsp3) is 0.278. The molecule has 1 aliphatic carbocycles. The molecular formula is C18H16ClN7OS. The van der Waals surface area contributed by atoms with Crippen LogP contribution >= 0.6 is 22.9 Å². The van der Waals surface area contributed by atoms with E-state index in [4.69, 9.17) is 17.3 Å². The molecule has 28 heavy (non-hydrogen) atoms. The van der Waals surface area contributed by atoms with Crippen molar-refractivity contribution in [2.75, 3.05) is 5.73 Å². The van der Waals surface area contributed by atoms with Gasteiger partial charge in [0.15, 0.2) is 5.82 Å². The average Bonchev–Trinajstić information content (AvgIpc) is 3.23. The molecule has 0 saturated carbocycles. The quantitative estimate of drug-likeness (QED) is 0.553. The number of benzene rings is 1. The van der Waals surface area contributed by atoms with Crippen LogP contribution in [0.1, 0.15) is 29.1 Å². The van der Waals surface area contributed by atoms with Crippen molar-refractivity contribution in [1.82, 2.24) is 29.8 Å². The first kappa shape index (κ1) is 17.3. The Morgan fingerprint density at radius 1 is 1.14 bits per heavy atom. The minimum Gasteiger partial charge on any atom is -0.383 e. The number of hydrogen-bond donors (Lipinski definition) is 1. The maximum Gasteiger partial charge on any atom is 0.368 e. The van der Waals surface area contributed by atoms with Gasteiger partial charge < -0.3 is 5.73 Å². The number of halogens is 1. The van der Waals surface area contributed by atoms with Crippen LogP contribution in [-0.2, 0) is 19.4 Å². The van der Waals surface area contributed by atoms with Gasteiger partial charge in [-0.1, -0.05) is 23.7 Å². The van der Waals surface area contributed by atoms with E-state index >= 15 is 0 Å². The average molecular weight is 414 g/mol. The predicted molar refractivity (Wildman–Crippen MR) is 108 cm³/mol. The lowest BCUT2D eigenvalue weighted by molar-refractivity contribution is 0.611. The molecule has 0 fully saturated rings. The van der Waals surface area contributed by atoms with E-state index in [-0.39, 0.29) is 6.54 Å². The maximum atomic E-state index is 12.7. The molecule has 0 aliphatic heterocycles. The first-order chi connectivity index (χ1) is 13.6. The van der Waals surface area contributed by atoms with Gasteiger partial charge in [-0.3, -0.25) is 0 Å². The summed E-state index contributed by atoms with van der Waals surface area (Å²) in [6.45, 7) is 0.0893. The van der Waals surface area contributed by atoms with Gasteiger partial charge in [0.2, 0.25) is 0 Å². The number of tetrazole rings is 1. The van der Waals surface area contributed by atoms with E-state index in [9.17, 15) is 4.79 Å². The summed E-state index contributed by atoms with van der Waals surface area (Å²) in [6.07, 6.45) is 4.45. The summed E-state index contributed by atoms with van der Waals surface area (Å²) in [5, 5.41) is 9.26. The Labute approximate surface area is 168 Å². The Morgan fingerprint density at radius 3 is 2.82 bits per heavy atom. The molecule has 3 heterocycles. The Balaban J connectivity index is 1.53. The molecule has 0 unspecified atom stereocenters. The molecule has 8 nitrogen and oxygen atoms in total. The molecule has 1 aromatic carbocycles. The van der Waals surface area contributed by atoms with Crippen molar-refractivity contribution < 1.29 is 0 Å². The van der Waals surface area contributed by atoms with Gasteiger partial charge in [-0.05, 0) is 53.8 Å². The fourth-order valence-electron chi connectivity index (χ4n) is 3.58. The first-order valence-electron chi connectivity index (χ1n) is 8.96. The van der Waals surface area contributed by atoms with Crippen LogP contribution in [0.15, 0.2) is 29.1 Å². The first-order valence-corrected chi connectivity index (χ1v) is 10.2. The number of nitrogens with two attached hydrogens (primary N) is 1. The number of aromatic nitrogens is 6. The topological polar surface area (TPSA) is 105 Å². The Hall–Kier alpha value is -2.78. The van der Waals surface area contributed by atoms with Crippen LogP contribution in [0.4, 0.5) is 5.82 Å². The van der Waals surface area contributed by atoms with Crippen molar-refractivity contribution in [3.8, 4) is 5.69 Å². The third-order valence-corrected chi connectivity index (χ3v) is 6.41. The highest BCUT2D eigenvalue weighted by molar-refractivity contribution is 7.19. The minimum absolute atomic E-state index is 0.0893. The molecule has 3 aromatic heterocycles. The van der Waals surface area contributed by atoms with E-state index in [1.54, 1.807) is 35.6 Å². The standard InChI is InChI=1S/C18H16ClN7OS/c19-11-6-2-3-7-12(11)26-18(27)25(23-24-26)9-14-21-16(20)15-10-5-1-4-8-13(10)28-17(15)22-14/h2-3,6-7H,1,4-5,8-9H2,(H2,20,21,22). The molecule has 4 aromatic rings. The van der Waals surface area contributed by atoms with Crippen molar-refractivity contribution >= 4 is 39.0 Å². The molecule has 0 radical (unpaired) electrons. The molecule has 0 saturated heterocycles. The van der Waals surface area contributed by atoms with Gasteiger partial charge in [-0.2, -0.15) is 9.36 Å². The summed E-state index contributed by atoms with van der Waals surface area (Å²) in [5.74, 6) is 0.905. The molecule has 0 bridgehead atoms. The molecule has 10 heteroatoms. The largest absolute Gasteiger partial charge is 0.383 e. The zero-order chi connectivity index (χ0) is 19.3. The number of thiophene rings is 1. The number of nitrogen functional groups attached to an aromatic ring is 1. The fourth-order valence-corrected chi connectivity index (χ4v) is 5.09. The number of fused-ring (bicyclic) bond motifs is 3. The molecule has 5 rings (SSSR count). The van der Waals surface area contributed by atoms with Crippen LogP contribution in [0.25, 0.3) is 15.9 Å². The van der Waals surface area contributed by atoms with Crippen LogP contribution in [0.2, 0.25) is 5.02 Å². The van der Waals surface area contributed by atoms with Gasteiger partial charge in [0.05, 0.1) is 16.1 Å². The van der Waals surface area contributed by atoms with Crippen molar-refractivity contribution in [3.05, 3.63) is 56.0 Å². The lowest BCUT2D eigenvalue weighted by Crippen LogP contribution is -2.25. The van der Waals surface area contributed by atoms with Crippen molar-refractivity contribution in [1.29, 1.82) is 0 Å². The number of aryl methyl sites for hydroxylation is 2. The smallest absolute Gasteiger partial charge is 0.368 e. The van der Waals surface area contributed by atoms with E-state index in [0.717, 1.165) is 27.7 Å². The van der Waals surface area contributed by atoms with Gasteiger partial charge >= 0.3 is 5.69 Å². The van der Waals surface area contributed by atoms with Gasteiger partial charge in [-0.15, -0.1) is 11.3 Å². The highest BCUT2D eigenvalue weighted by atomic mass is 35.5. The highest BCUT2D eigenvalue weighted by Crippen LogP contribution is 2.37. The number of hydrogen-bond acceptors (Lipinski definition) is 7. The molecular weight excluding hydrogens is 398 g/mol. The van der Waals surface area contributed by atoms with Gasteiger partial charge in [-0.25, -0.2) is 14.8 Å². The van der Waals surface area contributed by atoms with E-state index in [0.29, 0.717) is 22.4 Å². The zero-order valence-electron chi connectivity index (χ0n) is 14.8. The van der Waals surface area contributed by atoms with Gasteiger partial charge in [0, 0.05) is 4.88 Å². The number of para-hydroxylation sites is 1. The van der Waals surface area contributed by atoms with Gasteiger partial charge in [0.1, 0.15) is 17.2 Å². The van der Waals surface area contributed by atoms with E-state index < -0.39 is 5.69 Å². The molecule has 1 aliphatic rings. The number of nitrogens with zero attached hydrogens (tertiary/aromatic N) is 6. The summed E-state index contributed by atoms with van der Waals surface area (Å²) in [5.41, 5.74) is 7.59. The monoisotopic (exact) mass is 413 g/mol. The SMILES string of the molecule is Nc1nc(Cn2nnn(-c3ccccc3Cl)c2=O)nc2sc3c(c12)CCCC3. The minimum atomic E-state index is -0.416. The van der Waals surface area contributed by atoms with E-state index in [2.05, 4.69) is 20.4 Å².